The molecule has 0 aromatic heterocycles. The van der Waals surface area contributed by atoms with Crippen molar-refractivity contribution in [2.45, 2.75) is 105 Å². The molecule has 0 saturated heterocycles. The lowest BCUT2D eigenvalue weighted by Crippen LogP contribution is -2.33. The fraction of sp³-hybridized carbons (Fsp3) is 1.00. The van der Waals surface area contributed by atoms with Crippen molar-refractivity contribution in [3.63, 3.8) is 0 Å². The normalized spacial score (nSPS) is 15.9. The molecule has 0 fully saturated rings. The van der Waals surface area contributed by atoms with E-state index in [4.69, 9.17) is 0 Å². The molecular formula is C20H42S. The molecular weight excluding hydrogens is 272 g/mol. The van der Waals surface area contributed by atoms with Crippen LogP contribution >= 0.6 is 11.8 Å². The van der Waals surface area contributed by atoms with Gasteiger partial charge in [-0.15, -0.1) is 11.8 Å². The van der Waals surface area contributed by atoms with Crippen molar-refractivity contribution in [3.8, 4) is 0 Å². The molecule has 1 unspecified atom stereocenters. The van der Waals surface area contributed by atoms with Crippen molar-refractivity contribution in [2.24, 2.45) is 23.2 Å². The van der Waals surface area contributed by atoms with Crippen molar-refractivity contribution in [3.05, 3.63) is 0 Å². The number of hydrogen-bond acceptors (Lipinski definition) is 1. The summed E-state index contributed by atoms with van der Waals surface area (Å²) < 4.78 is 0.708. The van der Waals surface area contributed by atoms with Gasteiger partial charge in [-0.1, -0.05) is 76.2 Å². The lowest BCUT2D eigenvalue weighted by atomic mass is 9.77. The fourth-order valence-corrected chi connectivity index (χ4v) is 6.47. The highest BCUT2D eigenvalue weighted by atomic mass is 32.2. The summed E-state index contributed by atoms with van der Waals surface area (Å²) in [6.07, 6.45) is 3.92. The van der Waals surface area contributed by atoms with Gasteiger partial charge in [-0.3, -0.25) is 0 Å². The number of thioether (sulfide) groups is 1. The van der Waals surface area contributed by atoms with Crippen molar-refractivity contribution >= 4 is 11.8 Å². The van der Waals surface area contributed by atoms with Crippen LogP contribution in [0.2, 0.25) is 0 Å². The predicted octanol–water partition coefficient (Wildman–Crippen LogP) is 7.42. The molecule has 128 valence electrons. The molecule has 0 saturated carbocycles. The van der Waals surface area contributed by atoms with Crippen molar-refractivity contribution in [1.29, 1.82) is 0 Å². The Morgan fingerprint density at radius 3 is 1.57 bits per heavy atom. The third kappa shape index (κ3) is 9.87. The molecule has 1 heteroatoms. The largest absolute Gasteiger partial charge is 0.149 e. The van der Waals surface area contributed by atoms with E-state index in [-0.39, 0.29) is 0 Å². The Bertz CT molecular complexity index is 297. The first-order chi connectivity index (χ1) is 9.16. The molecule has 0 heterocycles. The van der Waals surface area contributed by atoms with Gasteiger partial charge in [0.05, 0.1) is 0 Å². The van der Waals surface area contributed by atoms with E-state index < -0.39 is 0 Å². The number of hydrogen-bond donors (Lipinski definition) is 0. The molecule has 0 rings (SSSR count). The maximum atomic E-state index is 2.45. The molecule has 0 aromatic carbocycles. The van der Waals surface area contributed by atoms with Gasteiger partial charge in [0.25, 0.3) is 0 Å². The molecule has 0 aromatic rings. The Kier molecular flexibility index (Phi) is 7.88. The van der Waals surface area contributed by atoms with E-state index in [1.807, 2.05) is 0 Å². The van der Waals surface area contributed by atoms with E-state index >= 15 is 0 Å². The molecule has 0 aliphatic carbocycles. The Hall–Kier alpha value is 0.350. The van der Waals surface area contributed by atoms with Crippen molar-refractivity contribution in [1.82, 2.24) is 0 Å². The zero-order valence-corrected chi connectivity index (χ0v) is 17.6. The quantitative estimate of drug-likeness (QED) is 0.426. The minimum absolute atomic E-state index is 0.346. The summed E-state index contributed by atoms with van der Waals surface area (Å²) in [5.41, 5.74) is 0.435. The summed E-state index contributed by atoms with van der Waals surface area (Å²) in [6, 6.07) is 0. The second-order valence-electron chi connectivity index (χ2n) is 9.99. The standard InChI is InChI=1S/C20H42S/c1-15(2)12-18(6,7)14-20(10,11)21-19(8,9)13-17(5)16(3)4/h15-17H,12-14H2,1-11H3. The van der Waals surface area contributed by atoms with Crippen molar-refractivity contribution in [2.75, 3.05) is 0 Å². The first-order valence-corrected chi connectivity index (χ1v) is 9.68. The van der Waals surface area contributed by atoms with E-state index in [0.29, 0.717) is 14.9 Å². The zero-order valence-electron chi connectivity index (χ0n) is 16.8. The van der Waals surface area contributed by atoms with Gasteiger partial charge < -0.3 is 0 Å². The van der Waals surface area contributed by atoms with Gasteiger partial charge in [-0.05, 0) is 42.4 Å². The lowest BCUT2D eigenvalue weighted by Gasteiger charge is -2.41. The fourth-order valence-electron chi connectivity index (χ4n) is 4.17. The average molecular weight is 315 g/mol. The second-order valence-corrected chi connectivity index (χ2v) is 12.4. The van der Waals surface area contributed by atoms with Gasteiger partial charge in [0.15, 0.2) is 0 Å². The SMILES string of the molecule is CC(C)CC(C)(C)CC(C)(C)SC(C)(C)CC(C)C(C)C. The Labute approximate surface area is 140 Å². The highest BCUT2D eigenvalue weighted by molar-refractivity contribution is 8.01. The Morgan fingerprint density at radius 1 is 0.714 bits per heavy atom. The summed E-state index contributed by atoms with van der Waals surface area (Å²) in [5.74, 6) is 2.37. The van der Waals surface area contributed by atoms with Gasteiger partial charge in [0.1, 0.15) is 0 Å². The van der Waals surface area contributed by atoms with E-state index in [1.54, 1.807) is 0 Å². The summed E-state index contributed by atoms with van der Waals surface area (Å²) in [7, 11) is 0. The smallest absolute Gasteiger partial charge is 0.0114 e. The minimum atomic E-state index is 0.346. The van der Waals surface area contributed by atoms with Gasteiger partial charge in [-0.2, -0.15) is 0 Å². The summed E-state index contributed by atoms with van der Waals surface area (Å²) in [6.45, 7) is 26.4. The Balaban J connectivity index is 4.71. The molecule has 0 radical (unpaired) electrons. The maximum Gasteiger partial charge on any atom is 0.0114 e. The molecule has 0 spiro atoms. The molecule has 0 bridgehead atoms. The molecule has 0 amide bonds. The van der Waals surface area contributed by atoms with E-state index in [2.05, 4.69) is 87.9 Å². The first kappa shape index (κ1) is 21.4. The summed E-state index contributed by atoms with van der Waals surface area (Å²) in [5, 5.41) is 0. The molecule has 0 aliphatic rings. The van der Waals surface area contributed by atoms with Gasteiger partial charge in [0, 0.05) is 9.49 Å². The average Bonchev–Trinajstić information content (AvgIpc) is 2.08. The maximum absolute atomic E-state index is 2.45. The van der Waals surface area contributed by atoms with Crippen LogP contribution in [0.4, 0.5) is 0 Å². The van der Waals surface area contributed by atoms with E-state index in [1.165, 1.54) is 19.3 Å². The van der Waals surface area contributed by atoms with Crippen LogP contribution in [-0.2, 0) is 0 Å². The molecule has 0 nitrogen and oxygen atoms in total. The Morgan fingerprint density at radius 2 is 1.19 bits per heavy atom. The third-order valence-electron chi connectivity index (χ3n) is 4.37. The first-order valence-electron chi connectivity index (χ1n) is 8.86. The van der Waals surface area contributed by atoms with Crippen molar-refractivity contribution < 1.29 is 0 Å². The van der Waals surface area contributed by atoms with Crippen LogP contribution in [0.3, 0.4) is 0 Å². The van der Waals surface area contributed by atoms with Crippen LogP contribution in [0.25, 0.3) is 0 Å². The minimum Gasteiger partial charge on any atom is -0.149 e. The second kappa shape index (κ2) is 7.75. The highest BCUT2D eigenvalue weighted by Crippen LogP contribution is 2.47. The zero-order chi connectivity index (χ0) is 17.1. The number of rotatable bonds is 9. The summed E-state index contributed by atoms with van der Waals surface area (Å²) in [4.78, 5) is 0. The molecule has 21 heavy (non-hydrogen) atoms. The summed E-state index contributed by atoms with van der Waals surface area (Å²) >= 11 is 2.20. The predicted molar refractivity (Wildman–Crippen MR) is 102 cm³/mol. The van der Waals surface area contributed by atoms with Crippen LogP contribution in [0.15, 0.2) is 0 Å². The topological polar surface area (TPSA) is 0 Å². The molecule has 0 aliphatic heterocycles. The van der Waals surface area contributed by atoms with Gasteiger partial charge >= 0.3 is 0 Å². The highest BCUT2D eigenvalue weighted by Gasteiger charge is 2.35. The molecule has 0 N–H and O–H groups in total. The van der Waals surface area contributed by atoms with E-state index in [0.717, 1.165) is 17.8 Å². The molecule has 1 atom stereocenters. The monoisotopic (exact) mass is 314 g/mol. The van der Waals surface area contributed by atoms with Gasteiger partial charge in [-0.25, -0.2) is 0 Å². The van der Waals surface area contributed by atoms with Crippen LogP contribution in [0.1, 0.15) is 95.4 Å². The lowest BCUT2D eigenvalue weighted by molar-refractivity contribution is 0.244. The van der Waals surface area contributed by atoms with Crippen LogP contribution < -0.4 is 0 Å². The third-order valence-corrected chi connectivity index (χ3v) is 5.79. The van der Waals surface area contributed by atoms with Gasteiger partial charge in [0.2, 0.25) is 0 Å². The van der Waals surface area contributed by atoms with Crippen LogP contribution in [0, 0.1) is 23.2 Å². The van der Waals surface area contributed by atoms with Crippen LogP contribution in [-0.4, -0.2) is 9.49 Å². The van der Waals surface area contributed by atoms with E-state index in [9.17, 15) is 0 Å². The van der Waals surface area contributed by atoms with Crippen LogP contribution in [0.5, 0.6) is 0 Å².